The first kappa shape index (κ1) is 16.3. The highest BCUT2D eigenvalue weighted by atomic mass is 79.9. The summed E-state index contributed by atoms with van der Waals surface area (Å²) in [5, 5.41) is 9.76. The molecule has 0 radical (unpaired) electrons. The molecule has 0 aromatic heterocycles. The second-order valence-corrected chi connectivity index (χ2v) is 4.62. The van der Waals surface area contributed by atoms with Crippen LogP contribution in [-0.2, 0) is 4.74 Å². The molecule has 1 N–H and O–H groups in total. The summed E-state index contributed by atoms with van der Waals surface area (Å²) in [5.74, 6) is 0.613. The average Bonchev–Trinajstić information content (AvgIpc) is 2.27. The Morgan fingerprint density at radius 1 is 1.37 bits per heavy atom. The Hall–Kier alpha value is -0.790. The van der Waals surface area contributed by atoms with Gasteiger partial charge in [-0.2, -0.15) is 13.2 Å². The van der Waals surface area contributed by atoms with E-state index < -0.39 is 25.5 Å². The van der Waals surface area contributed by atoms with E-state index in [1.165, 1.54) is 0 Å². The van der Waals surface area contributed by atoms with Crippen molar-refractivity contribution < 1.29 is 27.8 Å². The topological polar surface area (TPSA) is 38.7 Å². The van der Waals surface area contributed by atoms with Gasteiger partial charge in [0.25, 0.3) is 0 Å². The molecule has 19 heavy (non-hydrogen) atoms. The fourth-order valence-corrected chi connectivity index (χ4v) is 2.03. The Morgan fingerprint density at radius 3 is 2.58 bits per heavy atom. The zero-order valence-electron chi connectivity index (χ0n) is 10.2. The molecule has 7 heteroatoms. The van der Waals surface area contributed by atoms with Crippen molar-refractivity contribution in [3.63, 3.8) is 0 Å². The van der Waals surface area contributed by atoms with Crippen molar-refractivity contribution in [2.75, 3.05) is 19.8 Å². The second-order valence-electron chi connectivity index (χ2n) is 3.76. The highest BCUT2D eigenvalue weighted by molar-refractivity contribution is 9.10. The quantitative estimate of drug-likeness (QED) is 0.860. The molecule has 108 valence electrons. The Kier molecular flexibility index (Phi) is 6.09. The lowest BCUT2D eigenvalue weighted by molar-refractivity contribution is -0.179. The molecule has 0 spiro atoms. The molecule has 0 aliphatic heterocycles. The first-order valence-corrected chi connectivity index (χ1v) is 6.37. The molecule has 0 saturated heterocycles. The lowest BCUT2D eigenvalue weighted by Gasteiger charge is -2.15. The predicted molar refractivity (Wildman–Crippen MR) is 67.1 cm³/mol. The van der Waals surface area contributed by atoms with Crippen LogP contribution < -0.4 is 4.74 Å². The van der Waals surface area contributed by atoms with E-state index in [1.54, 1.807) is 18.2 Å². The molecule has 1 aromatic carbocycles. The molecule has 1 aromatic rings. The van der Waals surface area contributed by atoms with Crippen LogP contribution in [0.3, 0.4) is 0 Å². The maximum absolute atomic E-state index is 11.9. The first-order chi connectivity index (χ1) is 8.83. The molecule has 3 nitrogen and oxygen atoms in total. The minimum absolute atomic E-state index is 0.425. The summed E-state index contributed by atoms with van der Waals surface area (Å²) in [4.78, 5) is 0. The number of hydrogen-bond acceptors (Lipinski definition) is 3. The van der Waals surface area contributed by atoms with Gasteiger partial charge in [0, 0.05) is 4.47 Å². The Balaban J connectivity index is 2.59. The van der Waals surface area contributed by atoms with Crippen LogP contribution in [0.4, 0.5) is 13.2 Å². The van der Waals surface area contributed by atoms with Gasteiger partial charge in [0.15, 0.2) is 0 Å². The predicted octanol–water partition coefficient (Wildman–Crippen LogP) is 3.46. The summed E-state index contributed by atoms with van der Waals surface area (Å²) >= 11 is 3.23. The standard InChI is InChI=1S/C12H14BrF3O3/c1-2-19-8-3-4-9(10(13)5-8)11(17)6-18-7-12(14,15)16/h3-5,11,17H,2,6-7H2,1H3. The molecule has 0 aliphatic rings. The van der Waals surface area contributed by atoms with Gasteiger partial charge in [0.05, 0.1) is 13.2 Å². The highest BCUT2D eigenvalue weighted by Gasteiger charge is 2.28. The summed E-state index contributed by atoms with van der Waals surface area (Å²) in [7, 11) is 0. The smallest absolute Gasteiger partial charge is 0.411 e. The molecule has 0 bridgehead atoms. The molecule has 1 rings (SSSR count). The fourth-order valence-electron chi connectivity index (χ4n) is 1.41. The van der Waals surface area contributed by atoms with Crippen molar-refractivity contribution in [1.29, 1.82) is 0 Å². The number of hydrogen-bond donors (Lipinski definition) is 1. The lowest BCUT2D eigenvalue weighted by Crippen LogP contribution is -2.19. The van der Waals surface area contributed by atoms with Crippen molar-refractivity contribution in [3.8, 4) is 5.75 Å². The number of rotatable bonds is 6. The summed E-state index contributed by atoms with van der Waals surface area (Å²) in [6.45, 7) is 0.537. The van der Waals surface area contributed by atoms with Crippen LogP contribution in [0.2, 0.25) is 0 Å². The van der Waals surface area contributed by atoms with Gasteiger partial charge in [-0.25, -0.2) is 0 Å². The van der Waals surface area contributed by atoms with Crippen LogP contribution in [0.5, 0.6) is 5.75 Å². The minimum Gasteiger partial charge on any atom is -0.494 e. The monoisotopic (exact) mass is 342 g/mol. The van der Waals surface area contributed by atoms with Crippen LogP contribution in [0.15, 0.2) is 22.7 Å². The summed E-state index contributed by atoms with van der Waals surface area (Å²) < 4.78 is 45.9. The van der Waals surface area contributed by atoms with E-state index in [-0.39, 0.29) is 0 Å². The third-order valence-corrected chi connectivity index (χ3v) is 2.87. The SMILES string of the molecule is CCOc1ccc(C(O)COCC(F)(F)F)c(Br)c1. The highest BCUT2D eigenvalue weighted by Crippen LogP contribution is 2.28. The average molecular weight is 343 g/mol. The lowest BCUT2D eigenvalue weighted by atomic mass is 10.1. The van der Waals surface area contributed by atoms with E-state index in [9.17, 15) is 18.3 Å². The number of benzene rings is 1. The Morgan fingerprint density at radius 2 is 2.05 bits per heavy atom. The largest absolute Gasteiger partial charge is 0.494 e. The summed E-state index contributed by atoms with van der Waals surface area (Å²) in [6, 6.07) is 4.86. The molecular weight excluding hydrogens is 329 g/mol. The van der Waals surface area contributed by atoms with Gasteiger partial charge in [0.1, 0.15) is 18.5 Å². The normalized spacial score (nSPS) is 13.4. The number of aliphatic hydroxyl groups is 1. The molecule has 1 unspecified atom stereocenters. The summed E-state index contributed by atoms with van der Waals surface area (Å²) in [5.41, 5.74) is 0.450. The van der Waals surface area contributed by atoms with E-state index in [1.807, 2.05) is 6.92 Å². The molecule has 1 atom stereocenters. The van der Waals surface area contributed by atoms with Crippen LogP contribution in [0.25, 0.3) is 0 Å². The van der Waals surface area contributed by atoms with Gasteiger partial charge in [-0.3, -0.25) is 0 Å². The summed E-state index contributed by atoms with van der Waals surface area (Å²) in [6.07, 6.45) is -5.53. The Labute approximate surface area is 117 Å². The van der Waals surface area contributed by atoms with Gasteiger partial charge in [0.2, 0.25) is 0 Å². The van der Waals surface area contributed by atoms with Crippen LogP contribution in [-0.4, -0.2) is 31.1 Å². The van der Waals surface area contributed by atoms with Gasteiger partial charge >= 0.3 is 6.18 Å². The van der Waals surface area contributed by atoms with Crippen LogP contribution in [0.1, 0.15) is 18.6 Å². The zero-order chi connectivity index (χ0) is 14.5. The number of aliphatic hydroxyl groups excluding tert-OH is 1. The second kappa shape index (κ2) is 7.12. The van der Waals surface area contributed by atoms with Gasteiger partial charge in [-0.1, -0.05) is 22.0 Å². The van der Waals surface area contributed by atoms with E-state index in [2.05, 4.69) is 20.7 Å². The van der Waals surface area contributed by atoms with Crippen molar-refractivity contribution in [1.82, 2.24) is 0 Å². The molecule has 0 fully saturated rings. The van der Waals surface area contributed by atoms with Crippen LogP contribution >= 0.6 is 15.9 Å². The van der Waals surface area contributed by atoms with Crippen molar-refractivity contribution in [3.05, 3.63) is 28.2 Å². The Bertz CT molecular complexity index is 410. The van der Waals surface area contributed by atoms with Crippen molar-refractivity contribution in [2.24, 2.45) is 0 Å². The molecule has 0 heterocycles. The fraction of sp³-hybridized carbons (Fsp3) is 0.500. The zero-order valence-corrected chi connectivity index (χ0v) is 11.8. The molecule has 0 saturated carbocycles. The van der Waals surface area contributed by atoms with Crippen molar-refractivity contribution in [2.45, 2.75) is 19.2 Å². The third kappa shape index (κ3) is 5.80. The number of ether oxygens (including phenoxy) is 2. The molecular formula is C12H14BrF3O3. The maximum Gasteiger partial charge on any atom is 0.411 e. The van der Waals surface area contributed by atoms with Gasteiger partial charge in [-0.05, 0) is 24.6 Å². The van der Waals surface area contributed by atoms with E-state index >= 15 is 0 Å². The number of alkyl halides is 3. The van der Waals surface area contributed by atoms with E-state index in [4.69, 9.17) is 4.74 Å². The van der Waals surface area contributed by atoms with Crippen molar-refractivity contribution >= 4 is 15.9 Å². The first-order valence-electron chi connectivity index (χ1n) is 5.58. The number of halogens is 4. The molecule has 0 aliphatic carbocycles. The van der Waals surface area contributed by atoms with Crippen LogP contribution in [0, 0.1) is 0 Å². The minimum atomic E-state index is -4.39. The van der Waals surface area contributed by atoms with E-state index in [0.29, 0.717) is 22.4 Å². The third-order valence-electron chi connectivity index (χ3n) is 2.18. The van der Waals surface area contributed by atoms with Gasteiger partial charge in [-0.15, -0.1) is 0 Å². The van der Waals surface area contributed by atoms with Gasteiger partial charge < -0.3 is 14.6 Å². The van der Waals surface area contributed by atoms with E-state index in [0.717, 1.165) is 0 Å². The maximum atomic E-state index is 11.9. The molecule has 0 amide bonds.